The first-order chi connectivity index (χ1) is 38.5. The molecule has 9 amide bonds. The van der Waals surface area contributed by atoms with Crippen LogP contribution < -0.4 is 48.7 Å². The molecule has 1 fully saturated rings. The van der Waals surface area contributed by atoms with Crippen molar-refractivity contribution in [1.82, 2.24) is 42.1 Å². The summed E-state index contributed by atoms with van der Waals surface area (Å²) < 4.78 is 0. The lowest BCUT2D eigenvalue weighted by atomic mass is 10.0. The van der Waals surface area contributed by atoms with E-state index in [1.54, 1.807) is 103 Å². The van der Waals surface area contributed by atoms with Crippen LogP contribution in [0.15, 0.2) is 115 Å². The van der Waals surface area contributed by atoms with E-state index in [1.165, 1.54) is 24.0 Å². The standard InChI is InChI=1S/C54H66N10O13.C2H4O2/c1-32(47(69)60-41(28-34-14-7-3-8-15-34)51(73)63-43(31-65)54(76)77)58-50(72)40(27-33-12-5-2-6-13-33)61-49(71)39(23-24-45(56)67)59-46(68)30-57-52(74)44-18-11-25-64(44)53(75)42(29-35-16-9-4-10-17-35)62-48(70)38(55)26-36-19-21-37(66)22-20-36;1-2(3)4/h2-10,12-17,19-22,32,38-44,65-66H,11,18,23-31,55H2,1H3,(H2,56,67)(H,57,74)(H,58,72)(H,59,68)(H,60,69)(H,61,71)(H,62,70)(H,63,73)(H,76,77);1H3,(H,3,4)/t32-,38-,39-,40-,41-,42-,43-,44-;/m0./s1. The summed E-state index contributed by atoms with van der Waals surface area (Å²) in [6.45, 7) is 0.940. The van der Waals surface area contributed by atoms with E-state index in [1.807, 2.05) is 0 Å². The Bertz CT molecular complexity index is 2790. The average molecular weight is 1120 g/mol. The van der Waals surface area contributed by atoms with Crippen molar-refractivity contribution < 1.29 is 73.2 Å². The van der Waals surface area contributed by atoms with Gasteiger partial charge in [0.05, 0.1) is 19.2 Å². The summed E-state index contributed by atoms with van der Waals surface area (Å²) in [4.78, 5) is 144. The normalized spacial score (nSPS) is 15.2. The van der Waals surface area contributed by atoms with Crippen LogP contribution in [0.5, 0.6) is 5.75 Å². The number of nitrogens with one attached hydrogen (secondary N) is 7. The molecule has 1 heterocycles. The van der Waals surface area contributed by atoms with Crippen molar-refractivity contribution in [2.24, 2.45) is 11.5 Å². The molecular weight excluding hydrogens is 1050 g/mol. The van der Waals surface area contributed by atoms with Crippen molar-refractivity contribution in [2.45, 2.75) is 114 Å². The first-order valence-electron chi connectivity index (χ1n) is 25.9. The highest BCUT2D eigenvalue weighted by atomic mass is 16.4. The molecular formula is C56H70N10O15. The van der Waals surface area contributed by atoms with E-state index in [0.717, 1.165) is 12.5 Å². The summed E-state index contributed by atoms with van der Waals surface area (Å²) in [5.41, 5.74) is 14.2. The molecule has 0 spiro atoms. The molecule has 5 rings (SSSR count). The molecule has 1 aliphatic heterocycles. The van der Waals surface area contributed by atoms with Gasteiger partial charge in [-0.15, -0.1) is 0 Å². The third-order valence-electron chi connectivity index (χ3n) is 12.6. The molecule has 0 aromatic heterocycles. The molecule has 0 bridgehead atoms. The van der Waals surface area contributed by atoms with Gasteiger partial charge in [-0.1, -0.05) is 103 Å². The van der Waals surface area contributed by atoms with Gasteiger partial charge in [-0.3, -0.25) is 47.9 Å². The number of hydrogen-bond donors (Lipinski definition) is 13. The van der Waals surface area contributed by atoms with Gasteiger partial charge < -0.3 is 74.0 Å². The zero-order valence-electron chi connectivity index (χ0n) is 44.7. The number of aliphatic carboxylic acids is 2. The van der Waals surface area contributed by atoms with Crippen LogP contribution in [-0.2, 0) is 78.4 Å². The largest absolute Gasteiger partial charge is 0.508 e. The highest BCUT2D eigenvalue weighted by Crippen LogP contribution is 2.20. The molecule has 8 atom stereocenters. The van der Waals surface area contributed by atoms with Crippen molar-refractivity contribution >= 4 is 65.1 Å². The number of likely N-dealkylation sites (tertiary alicyclic amines) is 1. The van der Waals surface area contributed by atoms with Crippen molar-refractivity contribution in [3.63, 3.8) is 0 Å². The number of nitrogens with two attached hydrogens (primary N) is 2. The fourth-order valence-corrected chi connectivity index (χ4v) is 8.42. The Kier molecular flexibility index (Phi) is 25.9. The summed E-state index contributed by atoms with van der Waals surface area (Å²) in [7, 11) is 0. The van der Waals surface area contributed by atoms with Gasteiger partial charge in [0.15, 0.2) is 0 Å². The number of aliphatic hydroxyl groups excluding tert-OH is 1. The van der Waals surface area contributed by atoms with Gasteiger partial charge in [0, 0.05) is 39.2 Å². The van der Waals surface area contributed by atoms with E-state index in [9.17, 15) is 63.3 Å². The predicted molar refractivity (Wildman–Crippen MR) is 292 cm³/mol. The van der Waals surface area contributed by atoms with E-state index in [2.05, 4.69) is 37.2 Å². The third-order valence-corrected chi connectivity index (χ3v) is 12.6. The Balaban J connectivity index is 0.00000341. The molecule has 4 aromatic rings. The number of carbonyl (C=O) groups is 11. The fourth-order valence-electron chi connectivity index (χ4n) is 8.42. The number of aliphatic hydroxyl groups is 1. The topological polar surface area (TPSA) is 408 Å². The number of phenolic OH excluding ortho intramolecular Hbond substituents is 1. The minimum atomic E-state index is -1.67. The smallest absolute Gasteiger partial charge is 0.328 e. The maximum absolute atomic E-state index is 14.3. The molecule has 1 saturated heterocycles. The number of amides is 9. The third kappa shape index (κ3) is 22.2. The van der Waals surface area contributed by atoms with Crippen LogP contribution in [0.3, 0.4) is 0 Å². The maximum atomic E-state index is 14.3. The highest BCUT2D eigenvalue weighted by molar-refractivity contribution is 5.98. The zero-order valence-corrected chi connectivity index (χ0v) is 44.7. The van der Waals surface area contributed by atoms with Gasteiger partial charge in [0.2, 0.25) is 53.2 Å². The van der Waals surface area contributed by atoms with Crippen LogP contribution in [-0.4, -0.2) is 158 Å². The van der Waals surface area contributed by atoms with E-state index in [4.69, 9.17) is 21.4 Å². The van der Waals surface area contributed by atoms with Crippen molar-refractivity contribution in [1.29, 1.82) is 0 Å². The minimum absolute atomic E-state index is 0.0434. The lowest BCUT2D eigenvalue weighted by Gasteiger charge is -2.29. The number of primary amides is 1. The molecule has 4 aromatic carbocycles. The minimum Gasteiger partial charge on any atom is -0.508 e. The van der Waals surface area contributed by atoms with Gasteiger partial charge in [-0.25, -0.2) is 4.79 Å². The molecule has 0 saturated carbocycles. The van der Waals surface area contributed by atoms with Crippen LogP contribution in [0.1, 0.15) is 61.8 Å². The summed E-state index contributed by atoms with van der Waals surface area (Å²) in [5, 5.41) is 53.6. The van der Waals surface area contributed by atoms with Gasteiger partial charge in [-0.05, 0) is 67.0 Å². The average Bonchev–Trinajstić information content (AvgIpc) is 3.98. The quantitative estimate of drug-likeness (QED) is 0.0307. The number of phenols is 1. The molecule has 25 heteroatoms. The second-order valence-corrected chi connectivity index (χ2v) is 19.1. The molecule has 15 N–H and O–H groups in total. The Labute approximate surface area is 467 Å². The van der Waals surface area contributed by atoms with E-state index < -0.39 is 127 Å². The summed E-state index contributed by atoms with van der Waals surface area (Å²) in [5.74, 6) is -9.46. The SMILES string of the molecule is CC(=O)O.C[C@H](NC(=O)[C@H](Cc1ccccc1)NC(=O)[C@H](CCC(N)=O)NC(=O)CNC(=O)[C@@H]1CCCN1C(=O)[C@H](Cc1ccccc1)NC(=O)[C@@H](N)Cc1ccc(O)cc1)C(=O)N[C@@H](Cc1ccccc1)C(=O)N[C@@H](CO)C(=O)O. The number of carboxylic acids is 2. The molecule has 0 aliphatic carbocycles. The second kappa shape index (κ2) is 32.6. The monoisotopic (exact) mass is 1120 g/mol. The Morgan fingerprint density at radius 1 is 0.580 bits per heavy atom. The van der Waals surface area contributed by atoms with Gasteiger partial charge >= 0.3 is 5.97 Å². The molecule has 81 heavy (non-hydrogen) atoms. The van der Waals surface area contributed by atoms with E-state index >= 15 is 0 Å². The maximum Gasteiger partial charge on any atom is 0.328 e. The lowest BCUT2D eigenvalue weighted by Crippen LogP contribution is -2.59. The summed E-state index contributed by atoms with van der Waals surface area (Å²) >= 11 is 0. The molecule has 1 aliphatic rings. The highest BCUT2D eigenvalue weighted by Gasteiger charge is 2.39. The second-order valence-electron chi connectivity index (χ2n) is 19.1. The van der Waals surface area contributed by atoms with E-state index in [-0.39, 0.29) is 57.2 Å². The van der Waals surface area contributed by atoms with Crippen LogP contribution >= 0.6 is 0 Å². The zero-order chi connectivity index (χ0) is 59.6. The molecule has 434 valence electrons. The van der Waals surface area contributed by atoms with Crippen LogP contribution in [0.2, 0.25) is 0 Å². The number of carboxylic acid groups (broad SMARTS) is 2. The first-order valence-corrected chi connectivity index (χ1v) is 25.9. The number of hydrogen-bond acceptors (Lipinski definition) is 14. The fraction of sp³-hybridized carbons (Fsp3) is 0.375. The van der Waals surface area contributed by atoms with Gasteiger partial charge in [0.1, 0.15) is 48.0 Å². The van der Waals surface area contributed by atoms with E-state index in [0.29, 0.717) is 23.1 Å². The molecule has 25 nitrogen and oxygen atoms in total. The number of nitrogens with zero attached hydrogens (tertiary/aromatic N) is 1. The number of aromatic hydroxyl groups is 1. The van der Waals surface area contributed by atoms with Crippen LogP contribution in [0.4, 0.5) is 0 Å². The van der Waals surface area contributed by atoms with Crippen molar-refractivity contribution in [3.05, 3.63) is 138 Å². The summed E-state index contributed by atoms with van der Waals surface area (Å²) in [6, 6.07) is 21.5. The Hall–Kier alpha value is -9.23. The van der Waals surface area contributed by atoms with Crippen LogP contribution in [0.25, 0.3) is 0 Å². The van der Waals surface area contributed by atoms with Crippen molar-refractivity contribution in [3.8, 4) is 5.75 Å². The molecule has 0 radical (unpaired) electrons. The predicted octanol–water partition coefficient (Wildman–Crippen LogP) is -1.54. The Morgan fingerprint density at radius 2 is 1.02 bits per heavy atom. The lowest BCUT2D eigenvalue weighted by molar-refractivity contribution is -0.143. The van der Waals surface area contributed by atoms with Crippen LogP contribution in [0, 0.1) is 0 Å². The summed E-state index contributed by atoms with van der Waals surface area (Å²) in [6.07, 6.45) is -0.117. The number of benzene rings is 4. The molecule has 0 unspecified atom stereocenters. The van der Waals surface area contributed by atoms with Gasteiger partial charge in [-0.2, -0.15) is 0 Å². The Morgan fingerprint density at radius 3 is 1.52 bits per heavy atom. The number of rotatable bonds is 28. The van der Waals surface area contributed by atoms with Gasteiger partial charge in [0.25, 0.3) is 5.97 Å². The number of carbonyl (C=O) groups excluding carboxylic acids is 9. The van der Waals surface area contributed by atoms with Crippen molar-refractivity contribution in [2.75, 3.05) is 19.7 Å². The first kappa shape index (κ1) is 64.3.